The van der Waals surface area contributed by atoms with Crippen molar-refractivity contribution in [2.75, 3.05) is 0 Å². The third kappa shape index (κ3) is 14.1. The number of carbonyl (C=O) groups excluding carboxylic acids is 1. The van der Waals surface area contributed by atoms with Gasteiger partial charge in [0.15, 0.2) is 6.23 Å². The van der Waals surface area contributed by atoms with Gasteiger partial charge in [-0.05, 0) is 6.42 Å². The molecule has 13 heavy (non-hydrogen) atoms. The summed E-state index contributed by atoms with van der Waals surface area (Å²) in [6.07, 6.45) is 3.87. The van der Waals surface area contributed by atoms with E-state index in [1.54, 1.807) is 0 Å². The van der Waals surface area contributed by atoms with E-state index in [0.29, 0.717) is 6.42 Å². The van der Waals surface area contributed by atoms with E-state index < -0.39 is 12.2 Å². The molecule has 0 heterocycles. The Hall–Kier alpha value is -0.830. The zero-order valence-corrected chi connectivity index (χ0v) is 8.88. The van der Waals surface area contributed by atoms with Crippen molar-refractivity contribution in [3.63, 3.8) is 0 Å². The van der Waals surface area contributed by atoms with Crippen molar-refractivity contribution in [2.24, 2.45) is 5.73 Å². The summed E-state index contributed by atoms with van der Waals surface area (Å²) in [4.78, 5) is 10.4. The summed E-state index contributed by atoms with van der Waals surface area (Å²) in [5.74, 6) is -0.468. The maximum absolute atomic E-state index is 10.4. The van der Waals surface area contributed by atoms with Crippen molar-refractivity contribution < 1.29 is 9.53 Å². The van der Waals surface area contributed by atoms with E-state index in [1.807, 2.05) is 6.92 Å². The summed E-state index contributed by atoms with van der Waals surface area (Å²) < 4.78 is 4.57. The van der Waals surface area contributed by atoms with Gasteiger partial charge in [-0.15, -0.1) is 0 Å². The molecule has 0 aromatic rings. The molecule has 0 radical (unpaired) electrons. The highest BCUT2D eigenvalue weighted by Crippen LogP contribution is 1.89. The molecule has 0 amide bonds. The second-order valence-electron chi connectivity index (χ2n) is 2.59. The minimum Gasteiger partial charge on any atom is -0.444 e. The predicted molar refractivity (Wildman–Crippen MR) is 55.1 cm³/mol. The van der Waals surface area contributed by atoms with Crippen LogP contribution in [0.25, 0.3) is 0 Å². The van der Waals surface area contributed by atoms with E-state index in [9.17, 15) is 4.79 Å². The fourth-order valence-electron chi connectivity index (χ4n) is 0.281. The molecule has 0 aliphatic carbocycles. The number of ether oxygens (including phenoxy) is 1. The molecule has 0 spiro atoms. The van der Waals surface area contributed by atoms with E-state index in [0.717, 1.165) is 6.08 Å². The van der Waals surface area contributed by atoms with Gasteiger partial charge in [0.1, 0.15) is 0 Å². The first-order valence-corrected chi connectivity index (χ1v) is 4.70. The summed E-state index contributed by atoms with van der Waals surface area (Å²) in [6.45, 7) is 9.41. The van der Waals surface area contributed by atoms with E-state index in [1.165, 1.54) is 12.8 Å². The van der Waals surface area contributed by atoms with Crippen molar-refractivity contribution >= 4 is 5.97 Å². The van der Waals surface area contributed by atoms with Crippen LogP contribution in [0, 0.1) is 0 Å². The number of rotatable bonds is 4. The standard InChI is InChI=1S/C6H11NO2.C4H10/c1-3-5(7)9-6(8)4-2;1-3-4-2/h4-5H,2-3,7H2,1H3;3-4H2,1-2H3. The summed E-state index contributed by atoms with van der Waals surface area (Å²) in [5, 5.41) is 0. The first-order valence-electron chi connectivity index (χ1n) is 4.70. The summed E-state index contributed by atoms with van der Waals surface area (Å²) in [6, 6.07) is 0. The third-order valence-electron chi connectivity index (χ3n) is 1.34. The molecular formula is C10H21NO2. The van der Waals surface area contributed by atoms with Gasteiger partial charge in [0.25, 0.3) is 0 Å². The maximum Gasteiger partial charge on any atom is 0.331 e. The topological polar surface area (TPSA) is 52.3 Å². The van der Waals surface area contributed by atoms with Gasteiger partial charge in [0.05, 0.1) is 0 Å². The third-order valence-corrected chi connectivity index (χ3v) is 1.34. The quantitative estimate of drug-likeness (QED) is 0.417. The summed E-state index contributed by atoms with van der Waals surface area (Å²) >= 11 is 0. The highest BCUT2D eigenvalue weighted by Gasteiger charge is 2.01. The second-order valence-corrected chi connectivity index (χ2v) is 2.59. The van der Waals surface area contributed by atoms with Crippen molar-refractivity contribution in [3.8, 4) is 0 Å². The van der Waals surface area contributed by atoms with Crippen molar-refractivity contribution in [1.29, 1.82) is 0 Å². The number of esters is 1. The molecule has 0 saturated carbocycles. The van der Waals surface area contributed by atoms with Gasteiger partial charge in [0.2, 0.25) is 0 Å². The molecular weight excluding hydrogens is 166 g/mol. The predicted octanol–water partition coefficient (Wildman–Crippen LogP) is 2.22. The van der Waals surface area contributed by atoms with Crippen LogP contribution < -0.4 is 5.73 Å². The van der Waals surface area contributed by atoms with Crippen molar-refractivity contribution in [2.45, 2.75) is 46.3 Å². The lowest BCUT2D eigenvalue weighted by Gasteiger charge is -2.07. The smallest absolute Gasteiger partial charge is 0.331 e. The number of hydrogen-bond donors (Lipinski definition) is 1. The Morgan fingerprint density at radius 3 is 2.15 bits per heavy atom. The SMILES string of the molecule is C=CC(=O)OC(N)CC.CCCC. The number of hydrogen-bond acceptors (Lipinski definition) is 3. The molecule has 2 N–H and O–H groups in total. The Balaban J connectivity index is 0. The normalized spacial score (nSPS) is 10.8. The molecule has 1 atom stereocenters. The highest BCUT2D eigenvalue weighted by atomic mass is 16.6. The van der Waals surface area contributed by atoms with Crippen LogP contribution >= 0.6 is 0 Å². The van der Waals surface area contributed by atoms with Crippen LogP contribution in [0.2, 0.25) is 0 Å². The fourth-order valence-corrected chi connectivity index (χ4v) is 0.281. The molecule has 0 rings (SSSR count). The Morgan fingerprint density at radius 2 is 1.92 bits per heavy atom. The second kappa shape index (κ2) is 11.2. The van der Waals surface area contributed by atoms with E-state index >= 15 is 0 Å². The summed E-state index contributed by atoms with van der Waals surface area (Å²) in [7, 11) is 0. The van der Waals surface area contributed by atoms with E-state index in [-0.39, 0.29) is 0 Å². The van der Waals surface area contributed by atoms with Crippen LogP contribution in [0.3, 0.4) is 0 Å². The minimum atomic E-state index is -0.490. The molecule has 1 unspecified atom stereocenters. The van der Waals surface area contributed by atoms with Crippen LogP contribution in [-0.2, 0) is 9.53 Å². The first kappa shape index (κ1) is 14.7. The van der Waals surface area contributed by atoms with Gasteiger partial charge in [-0.2, -0.15) is 0 Å². The lowest BCUT2D eigenvalue weighted by Crippen LogP contribution is -2.24. The molecule has 0 aliphatic heterocycles. The Morgan fingerprint density at radius 1 is 1.46 bits per heavy atom. The molecule has 0 bridgehead atoms. The lowest BCUT2D eigenvalue weighted by atomic mass is 10.4. The van der Waals surface area contributed by atoms with E-state index in [2.05, 4.69) is 25.2 Å². The van der Waals surface area contributed by atoms with Crippen molar-refractivity contribution in [1.82, 2.24) is 0 Å². The molecule has 0 aromatic carbocycles. The largest absolute Gasteiger partial charge is 0.444 e. The van der Waals surface area contributed by atoms with Crippen LogP contribution in [-0.4, -0.2) is 12.2 Å². The molecule has 78 valence electrons. The number of carbonyl (C=O) groups is 1. The van der Waals surface area contributed by atoms with Crippen LogP contribution in [0.1, 0.15) is 40.0 Å². The van der Waals surface area contributed by atoms with Gasteiger partial charge >= 0.3 is 5.97 Å². The zero-order chi connectivity index (χ0) is 10.7. The van der Waals surface area contributed by atoms with Crippen LogP contribution in [0.5, 0.6) is 0 Å². The molecule has 3 heteroatoms. The van der Waals surface area contributed by atoms with Crippen LogP contribution in [0.4, 0.5) is 0 Å². The van der Waals surface area contributed by atoms with Crippen molar-refractivity contribution in [3.05, 3.63) is 12.7 Å². The van der Waals surface area contributed by atoms with Gasteiger partial charge in [-0.3, -0.25) is 5.73 Å². The maximum atomic E-state index is 10.4. The van der Waals surface area contributed by atoms with Gasteiger partial charge < -0.3 is 4.74 Å². The first-order chi connectivity index (χ1) is 6.12. The van der Waals surface area contributed by atoms with Gasteiger partial charge in [-0.25, -0.2) is 4.79 Å². The monoisotopic (exact) mass is 187 g/mol. The highest BCUT2D eigenvalue weighted by molar-refractivity contribution is 5.81. The summed E-state index contributed by atoms with van der Waals surface area (Å²) in [5.41, 5.74) is 5.26. The van der Waals surface area contributed by atoms with E-state index in [4.69, 9.17) is 5.73 Å². The van der Waals surface area contributed by atoms with Crippen LogP contribution in [0.15, 0.2) is 12.7 Å². The molecule has 0 aromatic heterocycles. The lowest BCUT2D eigenvalue weighted by molar-refractivity contribution is -0.142. The number of nitrogens with two attached hydrogens (primary N) is 1. The Labute approximate surface area is 81.0 Å². The molecule has 0 saturated heterocycles. The van der Waals surface area contributed by atoms with Gasteiger partial charge in [-0.1, -0.05) is 40.2 Å². The zero-order valence-electron chi connectivity index (χ0n) is 8.88. The minimum absolute atomic E-state index is 0.468. The Bertz CT molecular complexity index is 133. The molecule has 3 nitrogen and oxygen atoms in total. The molecule has 0 aliphatic rings. The molecule has 0 fully saturated rings. The Kier molecular flexibility index (Phi) is 12.6. The average molecular weight is 187 g/mol. The average Bonchev–Trinajstić information content (AvgIpc) is 2.17. The fraction of sp³-hybridized carbons (Fsp3) is 0.700. The number of unbranched alkanes of at least 4 members (excludes halogenated alkanes) is 1. The van der Waals surface area contributed by atoms with Gasteiger partial charge in [0, 0.05) is 6.08 Å².